The fourth-order valence-electron chi connectivity index (χ4n) is 2.20. The molecule has 0 bridgehead atoms. The number of hydrogen-bond acceptors (Lipinski definition) is 5. The van der Waals surface area contributed by atoms with Gasteiger partial charge in [0.05, 0.1) is 0 Å². The maximum Gasteiger partial charge on any atom is 0.284 e. The lowest BCUT2D eigenvalue weighted by Crippen LogP contribution is -2.42. The minimum atomic E-state index is 0.0285. The van der Waals surface area contributed by atoms with Gasteiger partial charge in [0.15, 0.2) is 0 Å². The molecule has 1 aliphatic rings. The van der Waals surface area contributed by atoms with Crippen LogP contribution in [0, 0.1) is 11.8 Å². The zero-order valence-electron chi connectivity index (χ0n) is 11.8. The Morgan fingerprint density at radius 2 is 2.21 bits per heavy atom. The topological polar surface area (TPSA) is 58.1 Å². The Bertz CT molecular complexity index is 434. The minimum absolute atomic E-state index is 0.0285. The molecule has 1 fully saturated rings. The molecule has 1 aromatic heterocycles. The summed E-state index contributed by atoms with van der Waals surface area (Å²) in [6, 6.07) is 0. The number of aromatic nitrogens is 2. The summed E-state index contributed by atoms with van der Waals surface area (Å²) in [7, 11) is 0. The monoisotopic (exact) mass is 282 g/mol. The average molecular weight is 282 g/mol. The Morgan fingerprint density at radius 3 is 2.89 bits per heavy atom. The molecule has 0 spiro atoms. The van der Waals surface area contributed by atoms with Crippen molar-refractivity contribution in [2.45, 2.75) is 33.6 Å². The van der Waals surface area contributed by atoms with Crippen LogP contribution < -0.4 is 5.32 Å². The van der Waals surface area contributed by atoms with Gasteiger partial charge >= 0.3 is 0 Å². The van der Waals surface area contributed by atoms with Crippen molar-refractivity contribution in [2.24, 2.45) is 11.8 Å². The molecule has 6 heteroatoms. The highest BCUT2D eigenvalue weighted by molar-refractivity contribution is 7.17. The van der Waals surface area contributed by atoms with Crippen molar-refractivity contribution in [1.29, 1.82) is 0 Å². The molecule has 1 aliphatic heterocycles. The van der Waals surface area contributed by atoms with Gasteiger partial charge < -0.3 is 10.2 Å². The van der Waals surface area contributed by atoms with E-state index in [1.807, 2.05) is 4.90 Å². The van der Waals surface area contributed by atoms with Crippen LogP contribution in [0.15, 0.2) is 0 Å². The maximum absolute atomic E-state index is 12.3. The Morgan fingerprint density at radius 1 is 1.42 bits per heavy atom. The minimum Gasteiger partial charge on any atom is -0.360 e. The van der Waals surface area contributed by atoms with E-state index in [-0.39, 0.29) is 5.91 Å². The number of amides is 1. The first-order chi connectivity index (χ1) is 9.11. The standard InChI is InChI=1S/C13H22N4OS/c1-4-6-14-13-16-15-11(19-13)12(18)17-7-5-9(2)10(3)8-17/h9-10H,4-8H2,1-3H3,(H,14,16). The number of nitrogens with one attached hydrogen (secondary N) is 1. The van der Waals surface area contributed by atoms with Gasteiger partial charge in [0.2, 0.25) is 10.1 Å². The van der Waals surface area contributed by atoms with E-state index in [1.165, 1.54) is 11.3 Å². The first kappa shape index (κ1) is 14.2. The number of carbonyl (C=O) groups is 1. The van der Waals surface area contributed by atoms with Gasteiger partial charge in [0.25, 0.3) is 5.91 Å². The van der Waals surface area contributed by atoms with E-state index in [2.05, 4.69) is 36.3 Å². The summed E-state index contributed by atoms with van der Waals surface area (Å²) in [4.78, 5) is 14.3. The number of rotatable bonds is 4. The van der Waals surface area contributed by atoms with Crippen molar-refractivity contribution in [1.82, 2.24) is 15.1 Å². The van der Waals surface area contributed by atoms with Crippen molar-refractivity contribution in [2.75, 3.05) is 25.0 Å². The van der Waals surface area contributed by atoms with Gasteiger partial charge in [0.1, 0.15) is 0 Å². The molecule has 106 valence electrons. The lowest BCUT2D eigenvalue weighted by Gasteiger charge is -2.34. The van der Waals surface area contributed by atoms with Crippen molar-refractivity contribution in [3.8, 4) is 0 Å². The molecule has 2 unspecified atom stereocenters. The lowest BCUT2D eigenvalue weighted by atomic mass is 9.89. The quantitative estimate of drug-likeness (QED) is 0.921. The van der Waals surface area contributed by atoms with Crippen LogP contribution in [0.4, 0.5) is 5.13 Å². The van der Waals surface area contributed by atoms with Crippen LogP contribution in [0.1, 0.15) is 43.4 Å². The second kappa shape index (κ2) is 6.32. The fourth-order valence-corrected chi connectivity index (χ4v) is 2.93. The zero-order valence-corrected chi connectivity index (χ0v) is 12.7. The third-order valence-corrected chi connectivity index (χ3v) is 4.62. The fraction of sp³-hybridized carbons (Fsp3) is 0.769. The summed E-state index contributed by atoms with van der Waals surface area (Å²) < 4.78 is 0. The molecule has 5 nitrogen and oxygen atoms in total. The molecule has 0 aromatic carbocycles. The van der Waals surface area contributed by atoms with E-state index < -0.39 is 0 Å². The van der Waals surface area contributed by atoms with Crippen LogP contribution >= 0.6 is 11.3 Å². The van der Waals surface area contributed by atoms with Crippen molar-refractivity contribution >= 4 is 22.4 Å². The number of anilines is 1. The number of carbonyl (C=O) groups excluding carboxylic acids is 1. The van der Waals surface area contributed by atoms with E-state index >= 15 is 0 Å². The first-order valence-corrected chi connectivity index (χ1v) is 7.80. The highest BCUT2D eigenvalue weighted by Gasteiger charge is 2.28. The summed E-state index contributed by atoms with van der Waals surface area (Å²) in [5.41, 5.74) is 0. The number of nitrogens with zero attached hydrogens (tertiary/aromatic N) is 3. The third-order valence-electron chi connectivity index (χ3n) is 3.76. The highest BCUT2D eigenvalue weighted by atomic mass is 32.1. The predicted octanol–water partition coefficient (Wildman–Crippen LogP) is 2.48. The molecule has 0 radical (unpaired) electrons. The Labute approximate surface area is 118 Å². The second-order valence-corrected chi connectivity index (χ2v) is 6.31. The highest BCUT2D eigenvalue weighted by Crippen LogP contribution is 2.25. The molecular formula is C13H22N4OS. The van der Waals surface area contributed by atoms with Gasteiger partial charge in [-0.2, -0.15) is 0 Å². The summed E-state index contributed by atoms with van der Waals surface area (Å²) in [6.45, 7) is 9.08. The number of piperidine rings is 1. The summed E-state index contributed by atoms with van der Waals surface area (Å²) in [6.07, 6.45) is 2.11. The average Bonchev–Trinajstić information content (AvgIpc) is 2.87. The number of hydrogen-bond donors (Lipinski definition) is 1. The Hall–Kier alpha value is -1.17. The zero-order chi connectivity index (χ0) is 13.8. The van der Waals surface area contributed by atoms with E-state index in [0.29, 0.717) is 16.8 Å². The van der Waals surface area contributed by atoms with Crippen LogP contribution in [0.5, 0.6) is 0 Å². The largest absolute Gasteiger partial charge is 0.360 e. The van der Waals surface area contributed by atoms with Crippen LogP contribution in [0.2, 0.25) is 0 Å². The van der Waals surface area contributed by atoms with Gasteiger partial charge in [0, 0.05) is 19.6 Å². The molecule has 1 saturated heterocycles. The van der Waals surface area contributed by atoms with Crippen LogP contribution in [-0.2, 0) is 0 Å². The van der Waals surface area contributed by atoms with E-state index in [9.17, 15) is 4.79 Å². The van der Waals surface area contributed by atoms with Crippen molar-refractivity contribution < 1.29 is 4.79 Å². The molecule has 0 aliphatic carbocycles. The lowest BCUT2D eigenvalue weighted by molar-refractivity contribution is 0.0626. The van der Waals surface area contributed by atoms with Crippen molar-refractivity contribution in [3.63, 3.8) is 0 Å². The van der Waals surface area contributed by atoms with Crippen molar-refractivity contribution in [3.05, 3.63) is 5.01 Å². The molecule has 19 heavy (non-hydrogen) atoms. The molecule has 0 saturated carbocycles. The third kappa shape index (κ3) is 3.43. The normalized spacial score (nSPS) is 23.4. The van der Waals surface area contributed by atoms with Crippen LogP contribution in [0.25, 0.3) is 0 Å². The van der Waals surface area contributed by atoms with E-state index in [4.69, 9.17) is 0 Å². The maximum atomic E-state index is 12.3. The molecule has 1 aromatic rings. The van der Waals surface area contributed by atoms with Gasteiger partial charge in [-0.15, -0.1) is 10.2 Å². The summed E-state index contributed by atoms with van der Waals surface area (Å²) >= 11 is 1.35. The Balaban J connectivity index is 1.97. The summed E-state index contributed by atoms with van der Waals surface area (Å²) in [5.74, 6) is 1.28. The first-order valence-electron chi connectivity index (χ1n) is 6.98. The van der Waals surface area contributed by atoms with Crippen LogP contribution in [0.3, 0.4) is 0 Å². The predicted molar refractivity (Wildman–Crippen MR) is 77.5 cm³/mol. The van der Waals surface area contributed by atoms with Gasteiger partial charge in [-0.05, 0) is 24.7 Å². The van der Waals surface area contributed by atoms with E-state index in [1.54, 1.807) is 0 Å². The second-order valence-electron chi connectivity index (χ2n) is 5.33. The molecule has 2 heterocycles. The van der Waals surface area contributed by atoms with Gasteiger partial charge in [-0.1, -0.05) is 32.1 Å². The Kier molecular flexibility index (Phi) is 4.74. The molecule has 1 N–H and O–H groups in total. The molecular weight excluding hydrogens is 260 g/mol. The van der Waals surface area contributed by atoms with Gasteiger partial charge in [-0.25, -0.2) is 0 Å². The van der Waals surface area contributed by atoms with Crippen LogP contribution in [-0.4, -0.2) is 40.6 Å². The number of likely N-dealkylation sites (tertiary alicyclic amines) is 1. The molecule has 1 amide bonds. The van der Waals surface area contributed by atoms with Gasteiger partial charge in [-0.3, -0.25) is 4.79 Å². The van der Waals surface area contributed by atoms with E-state index in [0.717, 1.165) is 37.6 Å². The molecule has 2 rings (SSSR count). The molecule has 2 atom stereocenters. The smallest absolute Gasteiger partial charge is 0.284 e. The SMILES string of the molecule is CCCNc1nnc(C(=O)N2CCC(C)C(C)C2)s1. The summed E-state index contributed by atoms with van der Waals surface area (Å²) in [5, 5.41) is 12.4.